The molecule has 0 atom stereocenters. The SMILES string of the molecule is COc1c(F)ccc(F)c1C(=O)NCC1CNC1.Cl. The van der Waals surface area contributed by atoms with Crippen molar-refractivity contribution in [2.45, 2.75) is 0 Å². The molecule has 1 fully saturated rings. The predicted octanol–water partition coefficient (Wildman–Crippen LogP) is 1.34. The summed E-state index contributed by atoms with van der Waals surface area (Å²) in [6.45, 7) is 2.08. The van der Waals surface area contributed by atoms with Crippen LogP contribution in [0, 0.1) is 17.6 Å². The second kappa shape index (κ2) is 6.68. The van der Waals surface area contributed by atoms with Gasteiger partial charge in [0, 0.05) is 25.6 Å². The van der Waals surface area contributed by atoms with E-state index in [1.54, 1.807) is 0 Å². The Labute approximate surface area is 115 Å². The number of methoxy groups -OCH3 is 1. The van der Waals surface area contributed by atoms with Crippen molar-refractivity contribution in [1.82, 2.24) is 10.6 Å². The first-order chi connectivity index (χ1) is 8.63. The van der Waals surface area contributed by atoms with Gasteiger partial charge in [0.1, 0.15) is 11.4 Å². The lowest BCUT2D eigenvalue weighted by atomic mass is 10.0. The highest BCUT2D eigenvalue weighted by atomic mass is 35.5. The quantitative estimate of drug-likeness (QED) is 0.881. The summed E-state index contributed by atoms with van der Waals surface area (Å²) in [4.78, 5) is 11.8. The van der Waals surface area contributed by atoms with Crippen molar-refractivity contribution in [2.24, 2.45) is 5.92 Å². The van der Waals surface area contributed by atoms with Crippen LogP contribution in [0.4, 0.5) is 8.78 Å². The molecule has 0 spiro atoms. The van der Waals surface area contributed by atoms with Gasteiger partial charge in [-0.2, -0.15) is 0 Å². The van der Waals surface area contributed by atoms with Crippen molar-refractivity contribution in [3.8, 4) is 5.75 Å². The van der Waals surface area contributed by atoms with Crippen LogP contribution in [0.3, 0.4) is 0 Å². The van der Waals surface area contributed by atoms with Crippen LogP contribution in [0.15, 0.2) is 12.1 Å². The molecule has 7 heteroatoms. The largest absolute Gasteiger partial charge is 0.493 e. The molecule has 0 radical (unpaired) electrons. The van der Waals surface area contributed by atoms with Gasteiger partial charge in [0.05, 0.1) is 7.11 Å². The summed E-state index contributed by atoms with van der Waals surface area (Å²) >= 11 is 0. The van der Waals surface area contributed by atoms with E-state index in [0.29, 0.717) is 12.5 Å². The summed E-state index contributed by atoms with van der Waals surface area (Å²) < 4.78 is 31.7. The second-order valence-electron chi connectivity index (χ2n) is 4.17. The summed E-state index contributed by atoms with van der Waals surface area (Å²) in [5.74, 6) is -2.22. The van der Waals surface area contributed by atoms with Crippen LogP contribution < -0.4 is 15.4 Å². The van der Waals surface area contributed by atoms with Crippen LogP contribution in [0.25, 0.3) is 0 Å². The fourth-order valence-corrected chi connectivity index (χ4v) is 1.76. The van der Waals surface area contributed by atoms with Crippen molar-refractivity contribution in [2.75, 3.05) is 26.7 Å². The van der Waals surface area contributed by atoms with E-state index >= 15 is 0 Å². The number of ether oxygens (including phenoxy) is 1. The summed E-state index contributed by atoms with van der Waals surface area (Å²) in [7, 11) is 1.20. The molecule has 1 aliphatic heterocycles. The minimum Gasteiger partial charge on any atom is -0.493 e. The Balaban J connectivity index is 0.00000180. The zero-order chi connectivity index (χ0) is 13.1. The zero-order valence-corrected chi connectivity index (χ0v) is 11.2. The molecular formula is C12H15ClF2N2O2. The van der Waals surface area contributed by atoms with E-state index in [2.05, 4.69) is 10.6 Å². The Morgan fingerprint density at radius 2 is 2.05 bits per heavy atom. The molecule has 106 valence electrons. The molecular weight excluding hydrogens is 278 g/mol. The lowest BCUT2D eigenvalue weighted by molar-refractivity contribution is 0.0934. The van der Waals surface area contributed by atoms with Crippen LogP contribution in [0.1, 0.15) is 10.4 Å². The van der Waals surface area contributed by atoms with E-state index in [4.69, 9.17) is 4.74 Å². The maximum atomic E-state index is 13.6. The van der Waals surface area contributed by atoms with E-state index in [9.17, 15) is 13.6 Å². The lowest BCUT2D eigenvalue weighted by Crippen LogP contribution is -2.48. The third kappa shape index (κ3) is 3.33. The summed E-state index contributed by atoms with van der Waals surface area (Å²) in [5, 5.41) is 5.64. The van der Waals surface area contributed by atoms with E-state index in [1.165, 1.54) is 7.11 Å². The van der Waals surface area contributed by atoms with Crippen molar-refractivity contribution < 1.29 is 18.3 Å². The molecule has 1 heterocycles. The predicted molar refractivity (Wildman–Crippen MR) is 68.9 cm³/mol. The number of rotatable bonds is 4. The van der Waals surface area contributed by atoms with Crippen LogP contribution in [0.2, 0.25) is 0 Å². The van der Waals surface area contributed by atoms with Gasteiger partial charge >= 0.3 is 0 Å². The number of nitrogens with one attached hydrogen (secondary N) is 2. The first-order valence-corrected chi connectivity index (χ1v) is 5.64. The second-order valence-corrected chi connectivity index (χ2v) is 4.17. The van der Waals surface area contributed by atoms with Crippen molar-refractivity contribution in [1.29, 1.82) is 0 Å². The van der Waals surface area contributed by atoms with E-state index in [0.717, 1.165) is 25.2 Å². The smallest absolute Gasteiger partial charge is 0.258 e. The van der Waals surface area contributed by atoms with Gasteiger partial charge < -0.3 is 15.4 Å². The Kier molecular flexibility index (Phi) is 5.50. The van der Waals surface area contributed by atoms with Crippen LogP contribution in [-0.4, -0.2) is 32.7 Å². The number of carbonyl (C=O) groups is 1. The normalized spacial score (nSPS) is 14.3. The number of halogens is 3. The minimum absolute atomic E-state index is 0. The zero-order valence-electron chi connectivity index (χ0n) is 10.3. The molecule has 0 aliphatic carbocycles. The fraction of sp³-hybridized carbons (Fsp3) is 0.417. The summed E-state index contributed by atoms with van der Waals surface area (Å²) in [6.07, 6.45) is 0. The highest BCUT2D eigenvalue weighted by molar-refractivity contribution is 5.97. The molecule has 1 aromatic carbocycles. The molecule has 0 saturated carbocycles. The van der Waals surface area contributed by atoms with E-state index in [1.807, 2.05) is 0 Å². The number of amides is 1. The molecule has 2 rings (SSSR count). The van der Waals surface area contributed by atoms with Crippen molar-refractivity contribution in [3.63, 3.8) is 0 Å². The Morgan fingerprint density at radius 1 is 1.42 bits per heavy atom. The molecule has 19 heavy (non-hydrogen) atoms. The molecule has 0 aromatic heterocycles. The monoisotopic (exact) mass is 292 g/mol. The standard InChI is InChI=1S/C12H14F2N2O2.ClH/c1-18-11-9(14)3-2-8(13)10(11)12(17)16-6-7-4-15-5-7;/h2-3,7,15H,4-6H2,1H3,(H,16,17);1H. The van der Waals surface area contributed by atoms with Gasteiger partial charge in [-0.15, -0.1) is 12.4 Å². The molecule has 1 aliphatic rings. The Morgan fingerprint density at radius 3 is 2.58 bits per heavy atom. The van der Waals surface area contributed by atoms with E-state index < -0.39 is 17.5 Å². The van der Waals surface area contributed by atoms with Crippen LogP contribution in [-0.2, 0) is 0 Å². The lowest BCUT2D eigenvalue weighted by Gasteiger charge is -2.27. The molecule has 0 bridgehead atoms. The molecule has 1 aromatic rings. The number of hydrogen-bond donors (Lipinski definition) is 2. The molecule has 1 saturated heterocycles. The maximum absolute atomic E-state index is 13.6. The Hall–Kier alpha value is -1.40. The van der Waals surface area contributed by atoms with Crippen LogP contribution >= 0.6 is 12.4 Å². The average Bonchev–Trinajstić information content (AvgIpc) is 2.29. The van der Waals surface area contributed by atoms with Gasteiger partial charge in [-0.05, 0) is 12.1 Å². The van der Waals surface area contributed by atoms with E-state index in [-0.39, 0.29) is 23.7 Å². The number of benzene rings is 1. The topological polar surface area (TPSA) is 50.4 Å². The molecule has 2 N–H and O–H groups in total. The van der Waals surface area contributed by atoms with Gasteiger partial charge in [-0.1, -0.05) is 0 Å². The summed E-state index contributed by atoms with van der Waals surface area (Å²) in [5.41, 5.74) is -0.384. The molecule has 4 nitrogen and oxygen atoms in total. The van der Waals surface area contributed by atoms with Gasteiger partial charge in [-0.25, -0.2) is 8.78 Å². The van der Waals surface area contributed by atoms with Gasteiger partial charge in [-0.3, -0.25) is 4.79 Å². The minimum atomic E-state index is -0.794. The maximum Gasteiger partial charge on any atom is 0.258 e. The third-order valence-electron chi connectivity index (χ3n) is 2.91. The first kappa shape index (κ1) is 15.7. The number of carbonyl (C=O) groups excluding carboxylic acids is 1. The number of hydrogen-bond acceptors (Lipinski definition) is 3. The third-order valence-corrected chi connectivity index (χ3v) is 2.91. The Bertz CT molecular complexity index is 467. The molecule has 0 unspecified atom stereocenters. The highest BCUT2D eigenvalue weighted by Gasteiger charge is 2.23. The summed E-state index contributed by atoms with van der Waals surface area (Å²) in [6, 6.07) is 1.85. The van der Waals surface area contributed by atoms with Crippen molar-refractivity contribution in [3.05, 3.63) is 29.3 Å². The van der Waals surface area contributed by atoms with Crippen molar-refractivity contribution >= 4 is 18.3 Å². The van der Waals surface area contributed by atoms with Gasteiger partial charge in [0.15, 0.2) is 11.6 Å². The average molecular weight is 293 g/mol. The molecule has 1 amide bonds. The van der Waals surface area contributed by atoms with Gasteiger partial charge in [0.2, 0.25) is 0 Å². The highest BCUT2D eigenvalue weighted by Crippen LogP contribution is 2.25. The fourth-order valence-electron chi connectivity index (χ4n) is 1.76. The van der Waals surface area contributed by atoms with Crippen LogP contribution in [0.5, 0.6) is 5.75 Å². The van der Waals surface area contributed by atoms with Gasteiger partial charge in [0.25, 0.3) is 5.91 Å². The first-order valence-electron chi connectivity index (χ1n) is 5.64.